The lowest BCUT2D eigenvalue weighted by Crippen LogP contribution is -1.78. The molecule has 4 heteroatoms. The molecule has 0 radical (unpaired) electrons. The number of hydrogen-bond acceptors (Lipinski definition) is 4. The molecule has 0 unspecified atom stereocenters. The van der Waals surface area contributed by atoms with Crippen molar-refractivity contribution in [2.24, 2.45) is 0 Å². The maximum Gasteiger partial charge on any atom is 0.170 e. The molecule has 0 fully saturated rings. The SMILES string of the molecule is O=Cc1nsc2ccncc12. The summed E-state index contributed by atoms with van der Waals surface area (Å²) in [5.74, 6) is 0. The largest absolute Gasteiger partial charge is 0.296 e. The number of nitrogens with zero attached hydrogens (tertiary/aromatic N) is 2. The molecule has 11 heavy (non-hydrogen) atoms. The Morgan fingerprint density at radius 3 is 3.27 bits per heavy atom. The van der Waals surface area contributed by atoms with Gasteiger partial charge in [0.05, 0.1) is 4.70 Å². The van der Waals surface area contributed by atoms with Crippen molar-refractivity contribution >= 4 is 27.9 Å². The van der Waals surface area contributed by atoms with Crippen molar-refractivity contribution in [3.63, 3.8) is 0 Å². The fourth-order valence-corrected chi connectivity index (χ4v) is 1.60. The van der Waals surface area contributed by atoms with Crippen molar-refractivity contribution in [1.82, 2.24) is 9.36 Å². The van der Waals surface area contributed by atoms with Crippen LogP contribution in [0, 0.1) is 0 Å². The molecule has 0 saturated heterocycles. The van der Waals surface area contributed by atoms with Crippen LogP contribution < -0.4 is 0 Å². The molecule has 0 aliphatic carbocycles. The predicted octanol–water partition coefficient (Wildman–Crippen LogP) is 1.50. The van der Waals surface area contributed by atoms with Gasteiger partial charge in [-0.25, -0.2) is 0 Å². The second kappa shape index (κ2) is 2.39. The number of aromatic nitrogens is 2. The molecule has 0 spiro atoms. The van der Waals surface area contributed by atoms with Crippen molar-refractivity contribution in [3.05, 3.63) is 24.2 Å². The fourth-order valence-electron chi connectivity index (χ4n) is 0.886. The molecule has 0 N–H and O–H groups in total. The number of hydrogen-bond donors (Lipinski definition) is 0. The Hall–Kier alpha value is -1.29. The first kappa shape index (κ1) is 6.42. The van der Waals surface area contributed by atoms with E-state index in [9.17, 15) is 4.79 Å². The quantitative estimate of drug-likeness (QED) is 0.600. The summed E-state index contributed by atoms with van der Waals surface area (Å²) in [5, 5.41) is 0.840. The molecular weight excluding hydrogens is 160 g/mol. The molecule has 0 bridgehead atoms. The van der Waals surface area contributed by atoms with E-state index in [1.165, 1.54) is 11.5 Å². The average molecular weight is 164 g/mol. The van der Waals surface area contributed by atoms with Crippen molar-refractivity contribution in [2.75, 3.05) is 0 Å². The summed E-state index contributed by atoms with van der Waals surface area (Å²) in [5.41, 5.74) is 0.484. The topological polar surface area (TPSA) is 42.9 Å². The van der Waals surface area contributed by atoms with Gasteiger partial charge in [0.1, 0.15) is 5.69 Å². The maximum atomic E-state index is 10.4. The molecule has 0 saturated carbocycles. The molecule has 54 valence electrons. The zero-order valence-electron chi connectivity index (χ0n) is 5.52. The van der Waals surface area contributed by atoms with Crippen LogP contribution in [0.1, 0.15) is 10.5 Å². The highest BCUT2D eigenvalue weighted by Gasteiger charge is 2.02. The standard InChI is InChI=1S/C7H4N2OS/c10-4-6-5-3-8-2-1-7(5)11-9-6/h1-4H. The highest BCUT2D eigenvalue weighted by molar-refractivity contribution is 7.13. The minimum Gasteiger partial charge on any atom is -0.296 e. The molecule has 0 aliphatic rings. The normalized spacial score (nSPS) is 10.2. The molecule has 0 aliphatic heterocycles. The summed E-state index contributed by atoms with van der Waals surface area (Å²) in [6, 6.07) is 1.85. The van der Waals surface area contributed by atoms with E-state index in [1.54, 1.807) is 12.4 Å². The monoisotopic (exact) mass is 164 g/mol. The van der Waals surface area contributed by atoms with E-state index in [2.05, 4.69) is 9.36 Å². The van der Waals surface area contributed by atoms with Gasteiger partial charge >= 0.3 is 0 Å². The number of carbonyl (C=O) groups is 1. The predicted molar refractivity (Wildman–Crippen MR) is 42.8 cm³/mol. The molecule has 0 amide bonds. The second-order valence-electron chi connectivity index (χ2n) is 2.06. The Labute approximate surface area is 66.9 Å². The van der Waals surface area contributed by atoms with Gasteiger partial charge in [0.2, 0.25) is 0 Å². The van der Waals surface area contributed by atoms with E-state index in [1.807, 2.05) is 6.07 Å². The summed E-state index contributed by atoms with van der Waals surface area (Å²) >= 11 is 1.32. The van der Waals surface area contributed by atoms with Crippen LogP contribution in [-0.4, -0.2) is 15.6 Å². The smallest absolute Gasteiger partial charge is 0.170 e. The molecular formula is C7H4N2OS. The Morgan fingerprint density at radius 2 is 2.45 bits per heavy atom. The fraction of sp³-hybridized carbons (Fsp3) is 0. The third-order valence-electron chi connectivity index (χ3n) is 1.41. The van der Waals surface area contributed by atoms with Crippen molar-refractivity contribution < 1.29 is 4.79 Å². The summed E-state index contributed by atoms with van der Waals surface area (Å²) in [6.07, 6.45) is 4.10. The zero-order valence-corrected chi connectivity index (χ0v) is 6.34. The summed E-state index contributed by atoms with van der Waals surface area (Å²) in [6.45, 7) is 0. The minimum absolute atomic E-state index is 0.484. The highest BCUT2D eigenvalue weighted by atomic mass is 32.1. The van der Waals surface area contributed by atoms with E-state index in [0.717, 1.165) is 16.4 Å². The highest BCUT2D eigenvalue weighted by Crippen LogP contribution is 2.19. The van der Waals surface area contributed by atoms with Gasteiger partial charge in [-0.2, -0.15) is 4.37 Å². The van der Waals surface area contributed by atoms with Gasteiger partial charge in [0, 0.05) is 17.8 Å². The summed E-state index contributed by atoms with van der Waals surface area (Å²) in [4.78, 5) is 14.3. The maximum absolute atomic E-state index is 10.4. The van der Waals surface area contributed by atoms with E-state index in [0.29, 0.717) is 5.69 Å². The van der Waals surface area contributed by atoms with Crippen LogP contribution in [-0.2, 0) is 0 Å². The number of rotatable bonds is 1. The molecule has 2 rings (SSSR count). The van der Waals surface area contributed by atoms with Crippen LogP contribution in [0.2, 0.25) is 0 Å². The second-order valence-corrected chi connectivity index (χ2v) is 2.86. The van der Waals surface area contributed by atoms with E-state index in [-0.39, 0.29) is 0 Å². The van der Waals surface area contributed by atoms with E-state index >= 15 is 0 Å². The van der Waals surface area contributed by atoms with E-state index in [4.69, 9.17) is 0 Å². The van der Waals surface area contributed by atoms with Gasteiger partial charge < -0.3 is 0 Å². The van der Waals surface area contributed by atoms with Gasteiger partial charge in [0.15, 0.2) is 6.29 Å². The van der Waals surface area contributed by atoms with Gasteiger partial charge in [-0.1, -0.05) is 0 Å². The van der Waals surface area contributed by atoms with Crippen LogP contribution in [0.25, 0.3) is 10.1 Å². The number of fused-ring (bicyclic) bond motifs is 1. The van der Waals surface area contributed by atoms with Crippen molar-refractivity contribution in [3.8, 4) is 0 Å². The van der Waals surface area contributed by atoms with Crippen LogP contribution in [0.5, 0.6) is 0 Å². The molecule has 2 aromatic heterocycles. The lowest BCUT2D eigenvalue weighted by atomic mass is 10.3. The summed E-state index contributed by atoms with van der Waals surface area (Å²) in [7, 11) is 0. The van der Waals surface area contributed by atoms with E-state index < -0.39 is 0 Å². The Balaban J connectivity index is 2.86. The molecule has 0 aromatic carbocycles. The third kappa shape index (κ3) is 0.914. The number of carbonyl (C=O) groups excluding carboxylic acids is 1. The minimum atomic E-state index is 0.484. The molecule has 0 atom stereocenters. The van der Waals surface area contributed by atoms with Crippen LogP contribution in [0.15, 0.2) is 18.5 Å². The van der Waals surface area contributed by atoms with Gasteiger partial charge in [-0.15, -0.1) is 0 Å². The van der Waals surface area contributed by atoms with Gasteiger partial charge in [0.25, 0.3) is 0 Å². The van der Waals surface area contributed by atoms with Gasteiger partial charge in [-0.05, 0) is 17.6 Å². The first-order chi connectivity index (χ1) is 5.42. The van der Waals surface area contributed by atoms with Crippen LogP contribution >= 0.6 is 11.5 Å². The molecule has 3 nitrogen and oxygen atoms in total. The molecule has 2 aromatic rings. The Kier molecular flexibility index (Phi) is 1.40. The number of pyridine rings is 1. The summed E-state index contributed by atoms with van der Waals surface area (Å²) < 4.78 is 4.95. The van der Waals surface area contributed by atoms with Crippen LogP contribution in [0.4, 0.5) is 0 Å². The lowest BCUT2D eigenvalue weighted by Gasteiger charge is -1.83. The van der Waals surface area contributed by atoms with Crippen molar-refractivity contribution in [2.45, 2.75) is 0 Å². The van der Waals surface area contributed by atoms with Gasteiger partial charge in [-0.3, -0.25) is 9.78 Å². The first-order valence-electron chi connectivity index (χ1n) is 3.06. The first-order valence-corrected chi connectivity index (χ1v) is 3.84. The average Bonchev–Trinajstić information content (AvgIpc) is 2.47. The van der Waals surface area contributed by atoms with Crippen LogP contribution in [0.3, 0.4) is 0 Å². The number of aldehydes is 1. The Bertz CT molecular complexity index is 396. The lowest BCUT2D eigenvalue weighted by molar-refractivity contribution is 0.112. The third-order valence-corrected chi connectivity index (χ3v) is 2.25. The van der Waals surface area contributed by atoms with Crippen molar-refractivity contribution in [1.29, 1.82) is 0 Å². The Morgan fingerprint density at radius 1 is 1.55 bits per heavy atom. The molecule has 2 heterocycles. The zero-order chi connectivity index (χ0) is 7.68.